The number of hydrogen-bond donors (Lipinski definition) is 2. The van der Waals surface area contributed by atoms with E-state index in [4.69, 9.17) is 4.74 Å². The van der Waals surface area contributed by atoms with Gasteiger partial charge in [-0.2, -0.15) is 18.2 Å². The fourth-order valence-electron chi connectivity index (χ4n) is 4.66. The van der Waals surface area contributed by atoms with E-state index in [9.17, 15) is 18.0 Å². The zero-order valence-corrected chi connectivity index (χ0v) is 22.9. The van der Waals surface area contributed by atoms with Crippen LogP contribution in [0.1, 0.15) is 38.7 Å². The van der Waals surface area contributed by atoms with Gasteiger partial charge in [0.05, 0.1) is 16.0 Å². The summed E-state index contributed by atoms with van der Waals surface area (Å²) in [6.07, 6.45) is -0.848. The van der Waals surface area contributed by atoms with E-state index in [-0.39, 0.29) is 11.8 Å². The number of aromatic nitrogens is 3. The van der Waals surface area contributed by atoms with Gasteiger partial charge < -0.3 is 15.4 Å². The smallest absolute Gasteiger partial charge is 0.416 e. The molecule has 2 aromatic heterocycles. The Balaban J connectivity index is 1.43. The zero-order chi connectivity index (χ0) is 28.3. The van der Waals surface area contributed by atoms with Gasteiger partial charge in [0, 0.05) is 37.7 Å². The average molecular weight is 571 g/mol. The molecule has 0 aliphatic carbocycles. The molecule has 4 aromatic rings. The molecule has 40 heavy (non-hydrogen) atoms. The van der Waals surface area contributed by atoms with E-state index in [0.717, 1.165) is 29.9 Å². The van der Waals surface area contributed by atoms with Crippen molar-refractivity contribution in [1.29, 1.82) is 0 Å². The molecule has 0 bridgehead atoms. The fraction of sp³-hybridized carbons (Fsp3) is 0.357. The second-order valence-corrected chi connectivity index (χ2v) is 10.7. The predicted molar refractivity (Wildman–Crippen MR) is 150 cm³/mol. The standard InChI is InChI=1S/C28H29F3N6O2S/c1-17-6-3-4-14-37(17)15-13-32-26-34-21(19-9-11-20(12-10-19)28(29,30)31)16-24(35-26)39-22-7-5-8-23-25(22)36-27(40-23)33-18(2)38/h5,7-12,16-17H,3-4,6,13-15H2,1-2H3,(H,32,34,35)(H,33,36,38). The van der Waals surface area contributed by atoms with Crippen LogP contribution in [-0.2, 0) is 11.0 Å². The Kier molecular flexibility index (Phi) is 8.17. The number of nitrogens with one attached hydrogen (secondary N) is 2. The van der Waals surface area contributed by atoms with E-state index >= 15 is 0 Å². The number of carbonyl (C=O) groups is 1. The Bertz CT molecular complexity index is 1490. The van der Waals surface area contributed by atoms with Crippen molar-refractivity contribution in [3.05, 3.63) is 54.1 Å². The molecule has 1 fully saturated rings. The molecule has 2 aromatic carbocycles. The average Bonchev–Trinajstić information content (AvgIpc) is 3.32. The summed E-state index contributed by atoms with van der Waals surface area (Å²) < 4.78 is 46.3. The third kappa shape index (κ3) is 6.68. The number of anilines is 2. The van der Waals surface area contributed by atoms with Gasteiger partial charge in [-0.3, -0.25) is 9.69 Å². The van der Waals surface area contributed by atoms with Crippen molar-refractivity contribution in [2.24, 2.45) is 0 Å². The monoisotopic (exact) mass is 570 g/mol. The molecule has 5 rings (SSSR count). The summed E-state index contributed by atoms with van der Waals surface area (Å²) in [5, 5.41) is 6.39. The van der Waals surface area contributed by atoms with Crippen molar-refractivity contribution < 1.29 is 22.7 Å². The summed E-state index contributed by atoms with van der Waals surface area (Å²) in [5.74, 6) is 0.713. The molecule has 1 aliphatic rings. The molecule has 8 nitrogen and oxygen atoms in total. The molecular formula is C28H29F3N6O2S. The maximum absolute atomic E-state index is 13.1. The molecule has 0 spiro atoms. The summed E-state index contributed by atoms with van der Waals surface area (Å²) in [5.41, 5.74) is 0.727. The fourth-order valence-corrected chi connectivity index (χ4v) is 5.59. The first-order valence-electron chi connectivity index (χ1n) is 13.1. The highest BCUT2D eigenvalue weighted by Crippen LogP contribution is 2.36. The maximum Gasteiger partial charge on any atom is 0.416 e. The highest BCUT2D eigenvalue weighted by molar-refractivity contribution is 7.22. The van der Waals surface area contributed by atoms with Crippen molar-refractivity contribution in [1.82, 2.24) is 19.9 Å². The van der Waals surface area contributed by atoms with Crippen LogP contribution in [0.4, 0.5) is 24.3 Å². The van der Waals surface area contributed by atoms with Crippen molar-refractivity contribution in [2.45, 2.75) is 45.3 Å². The normalized spacial score (nSPS) is 16.2. The van der Waals surface area contributed by atoms with Gasteiger partial charge in [0.25, 0.3) is 0 Å². The van der Waals surface area contributed by atoms with Crippen LogP contribution >= 0.6 is 11.3 Å². The molecule has 3 heterocycles. The highest BCUT2D eigenvalue weighted by Gasteiger charge is 2.30. The number of amides is 1. The summed E-state index contributed by atoms with van der Waals surface area (Å²) in [6.45, 7) is 6.09. The van der Waals surface area contributed by atoms with E-state index in [1.807, 2.05) is 12.1 Å². The Morgan fingerprint density at radius 1 is 1.12 bits per heavy atom. The van der Waals surface area contributed by atoms with Crippen molar-refractivity contribution in [3.63, 3.8) is 0 Å². The quantitative estimate of drug-likeness (QED) is 0.240. The number of thiazole rings is 1. The van der Waals surface area contributed by atoms with Gasteiger partial charge in [0.15, 0.2) is 10.9 Å². The van der Waals surface area contributed by atoms with Gasteiger partial charge in [0.2, 0.25) is 17.7 Å². The van der Waals surface area contributed by atoms with Crippen LogP contribution in [0.15, 0.2) is 48.5 Å². The van der Waals surface area contributed by atoms with Gasteiger partial charge in [-0.15, -0.1) is 0 Å². The number of carbonyl (C=O) groups excluding carboxylic acids is 1. The van der Waals surface area contributed by atoms with Crippen LogP contribution in [0.3, 0.4) is 0 Å². The lowest BCUT2D eigenvalue weighted by Crippen LogP contribution is -2.40. The van der Waals surface area contributed by atoms with Crippen LogP contribution in [-0.4, -0.2) is 51.4 Å². The number of ether oxygens (including phenoxy) is 1. The first-order chi connectivity index (χ1) is 19.2. The minimum atomic E-state index is -4.43. The Morgan fingerprint density at radius 3 is 2.65 bits per heavy atom. The van der Waals surface area contributed by atoms with Gasteiger partial charge in [-0.1, -0.05) is 36.0 Å². The van der Waals surface area contributed by atoms with E-state index in [1.165, 1.54) is 49.7 Å². The molecular weight excluding hydrogens is 541 g/mol. The van der Waals surface area contributed by atoms with Gasteiger partial charge in [0.1, 0.15) is 5.52 Å². The lowest BCUT2D eigenvalue weighted by atomic mass is 10.0. The summed E-state index contributed by atoms with van der Waals surface area (Å²) in [4.78, 5) is 27.5. The predicted octanol–water partition coefficient (Wildman–Crippen LogP) is 6.81. The van der Waals surface area contributed by atoms with E-state index < -0.39 is 11.7 Å². The largest absolute Gasteiger partial charge is 0.437 e. The number of hydrogen-bond acceptors (Lipinski definition) is 8. The molecule has 1 amide bonds. The molecule has 1 aliphatic heterocycles. The molecule has 1 unspecified atom stereocenters. The summed E-state index contributed by atoms with van der Waals surface area (Å²) in [7, 11) is 0. The van der Waals surface area contributed by atoms with Crippen LogP contribution in [0.5, 0.6) is 11.6 Å². The highest BCUT2D eigenvalue weighted by atomic mass is 32.1. The second-order valence-electron chi connectivity index (χ2n) is 9.70. The first-order valence-corrected chi connectivity index (χ1v) is 13.9. The molecule has 1 saturated heterocycles. The lowest BCUT2D eigenvalue weighted by Gasteiger charge is -2.33. The molecule has 0 saturated carbocycles. The van der Waals surface area contributed by atoms with Crippen LogP contribution < -0.4 is 15.4 Å². The van der Waals surface area contributed by atoms with E-state index in [0.29, 0.717) is 46.2 Å². The number of fused-ring (bicyclic) bond motifs is 1. The van der Waals surface area contributed by atoms with E-state index in [1.54, 1.807) is 12.1 Å². The first kappa shape index (κ1) is 27.8. The number of benzene rings is 2. The number of rotatable bonds is 8. The lowest BCUT2D eigenvalue weighted by molar-refractivity contribution is -0.137. The molecule has 0 radical (unpaired) electrons. The third-order valence-electron chi connectivity index (χ3n) is 6.71. The van der Waals surface area contributed by atoms with Crippen LogP contribution in [0, 0.1) is 0 Å². The Hall–Kier alpha value is -3.77. The number of para-hydroxylation sites is 1. The van der Waals surface area contributed by atoms with Crippen molar-refractivity contribution in [2.75, 3.05) is 30.3 Å². The molecule has 1 atom stereocenters. The minimum Gasteiger partial charge on any atom is -0.437 e. The zero-order valence-electron chi connectivity index (χ0n) is 22.1. The van der Waals surface area contributed by atoms with E-state index in [2.05, 4.69) is 37.4 Å². The van der Waals surface area contributed by atoms with Gasteiger partial charge >= 0.3 is 6.18 Å². The topological polar surface area (TPSA) is 92.3 Å². The SMILES string of the molecule is CC(=O)Nc1nc2c(Oc3cc(-c4ccc(C(F)(F)F)cc4)nc(NCCN4CCCCC4C)n3)cccc2s1. The molecule has 210 valence electrons. The Morgan fingerprint density at radius 2 is 1.93 bits per heavy atom. The minimum absolute atomic E-state index is 0.209. The van der Waals surface area contributed by atoms with Crippen molar-refractivity contribution >= 4 is 38.5 Å². The van der Waals surface area contributed by atoms with Crippen molar-refractivity contribution in [3.8, 4) is 22.9 Å². The molecule has 12 heteroatoms. The maximum atomic E-state index is 13.1. The summed E-state index contributed by atoms with van der Waals surface area (Å²) >= 11 is 1.32. The number of likely N-dealkylation sites (tertiary alicyclic amines) is 1. The van der Waals surface area contributed by atoms with Gasteiger partial charge in [-0.25, -0.2) is 9.97 Å². The number of piperidine rings is 1. The number of nitrogens with zero attached hydrogens (tertiary/aromatic N) is 4. The Labute approximate surface area is 233 Å². The third-order valence-corrected chi connectivity index (χ3v) is 7.65. The van der Waals surface area contributed by atoms with Crippen LogP contribution in [0.2, 0.25) is 0 Å². The molecule has 2 N–H and O–H groups in total. The van der Waals surface area contributed by atoms with Gasteiger partial charge in [-0.05, 0) is 50.6 Å². The summed E-state index contributed by atoms with van der Waals surface area (Å²) in [6, 6.07) is 12.3. The second kappa shape index (κ2) is 11.8. The number of alkyl halides is 3. The number of halogens is 3. The van der Waals surface area contributed by atoms with Crippen LogP contribution in [0.25, 0.3) is 21.5 Å².